The van der Waals surface area contributed by atoms with Crippen molar-refractivity contribution >= 4 is 8.32 Å². The van der Waals surface area contributed by atoms with E-state index in [1.165, 1.54) is 25.7 Å². The summed E-state index contributed by atoms with van der Waals surface area (Å²) >= 11 is 0. The molecule has 86 valence electrons. The van der Waals surface area contributed by atoms with Crippen molar-refractivity contribution in [1.29, 1.82) is 0 Å². The van der Waals surface area contributed by atoms with Gasteiger partial charge in [-0.05, 0) is 24.6 Å². The van der Waals surface area contributed by atoms with Crippen LogP contribution >= 0.6 is 0 Å². The highest BCUT2D eigenvalue weighted by Gasteiger charge is 2.36. The fourth-order valence-corrected chi connectivity index (χ4v) is 2.16. The summed E-state index contributed by atoms with van der Waals surface area (Å²) in [5.74, 6) is 0. The first-order valence-electron chi connectivity index (χ1n) is 5.95. The average molecular weight is 217 g/mol. The molecule has 0 heterocycles. The highest BCUT2D eigenvalue weighted by Crippen LogP contribution is 2.36. The van der Waals surface area contributed by atoms with Crippen LogP contribution < -0.4 is 0 Å². The molecule has 0 fully saturated rings. The first kappa shape index (κ1) is 14.2. The summed E-state index contributed by atoms with van der Waals surface area (Å²) in [5.41, 5.74) is 0. The molecular weight excluding hydrogens is 189 g/mol. The molecule has 0 spiro atoms. The second kappa shape index (κ2) is 5.91. The van der Waals surface area contributed by atoms with Crippen molar-refractivity contribution in [3.8, 4) is 0 Å². The predicted octanol–water partition coefficient (Wildman–Crippen LogP) is 4.59. The van der Waals surface area contributed by atoms with E-state index in [1.807, 2.05) is 0 Å². The zero-order valence-corrected chi connectivity index (χ0v) is 11.9. The van der Waals surface area contributed by atoms with Crippen LogP contribution in [0.3, 0.4) is 0 Å². The number of hydrogen-bond acceptors (Lipinski definition) is 1. The Labute approximate surface area is 91.4 Å². The van der Waals surface area contributed by atoms with Crippen LogP contribution in [0.4, 0.5) is 0 Å². The molecule has 0 rings (SSSR count). The van der Waals surface area contributed by atoms with Gasteiger partial charge in [0.15, 0.2) is 8.32 Å². The minimum Gasteiger partial charge on any atom is -0.417 e. The van der Waals surface area contributed by atoms with E-state index in [0.29, 0.717) is 5.04 Å². The Morgan fingerprint density at radius 2 is 1.57 bits per heavy atom. The number of hydrogen-bond donors (Lipinski definition) is 0. The van der Waals surface area contributed by atoms with Gasteiger partial charge < -0.3 is 4.43 Å². The first-order valence-corrected chi connectivity index (χ1v) is 8.86. The zero-order valence-electron chi connectivity index (χ0n) is 10.9. The Morgan fingerprint density at radius 3 is 2.00 bits per heavy atom. The first-order chi connectivity index (χ1) is 6.31. The standard InChI is InChI=1S/C12H28OSi/c1-7-8-9-10-11-13-14(5,6)12(2,3)4/h7-11H2,1-6H3/i1+1. The van der Waals surface area contributed by atoms with Crippen LogP contribution in [0.2, 0.25) is 18.1 Å². The average Bonchev–Trinajstić information content (AvgIpc) is 2.02. The SMILES string of the molecule is CC(C)(C)[Si](C)(C)OCCCCC[13CH3]. The van der Waals surface area contributed by atoms with E-state index in [9.17, 15) is 0 Å². The second-order valence-electron chi connectivity index (χ2n) is 5.67. The van der Waals surface area contributed by atoms with Gasteiger partial charge in [-0.25, -0.2) is 0 Å². The normalized spacial score (nSPS) is 13.3. The lowest BCUT2D eigenvalue weighted by molar-refractivity contribution is 0.278. The highest BCUT2D eigenvalue weighted by atomic mass is 28.4. The molecule has 0 amide bonds. The lowest BCUT2D eigenvalue weighted by atomic mass is 10.2. The molecule has 0 aliphatic rings. The van der Waals surface area contributed by atoms with E-state index in [0.717, 1.165) is 6.61 Å². The van der Waals surface area contributed by atoms with Crippen molar-refractivity contribution in [3.63, 3.8) is 0 Å². The van der Waals surface area contributed by atoms with E-state index in [-0.39, 0.29) is 0 Å². The van der Waals surface area contributed by atoms with Gasteiger partial charge in [0.1, 0.15) is 0 Å². The van der Waals surface area contributed by atoms with E-state index in [4.69, 9.17) is 4.43 Å². The minimum absolute atomic E-state index is 0.359. The maximum Gasteiger partial charge on any atom is 0.191 e. The van der Waals surface area contributed by atoms with Gasteiger partial charge in [0, 0.05) is 6.61 Å². The molecule has 0 aliphatic carbocycles. The molecule has 0 saturated carbocycles. The maximum atomic E-state index is 6.08. The fraction of sp³-hybridized carbons (Fsp3) is 1.00. The van der Waals surface area contributed by atoms with Crippen LogP contribution in [0.15, 0.2) is 0 Å². The molecule has 0 aromatic heterocycles. The summed E-state index contributed by atoms with van der Waals surface area (Å²) in [6, 6.07) is 0. The molecule has 0 radical (unpaired) electrons. The van der Waals surface area contributed by atoms with E-state index >= 15 is 0 Å². The molecule has 1 nitrogen and oxygen atoms in total. The summed E-state index contributed by atoms with van der Waals surface area (Å²) in [6.07, 6.45) is 5.21. The van der Waals surface area contributed by atoms with Gasteiger partial charge in [-0.15, -0.1) is 0 Å². The van der Waals surface area contributed by atoms with Crippen LogP contribution in [0.25, 0.3) is 0 Å². The van der Waals surface area contributed by atoms with Gasteiger partial charge >= 0.3 is 0 Å². The molecule has 0 aromatic rings. The molecule has 14 heavy (non-hydrogen) atoms. The Hall–Kier alpha value is 0.177. The van der Waals surface area contributed by atoms with Crippen molar-refractivity contribution < 1.29 is 4.43 Å². The molecule has 0 aliphatic heterocycles. The van der Waals surface area contributed by atoms with E-state index in [2.05, 4.69) is 40.8 Å². The molecule has 0 bridgehead atoms. The lowest BCUT2D eigenvalue weighted by Crippen LogP contribution is -2.40. The quantitative estimate of drug-likeness (QED) is 0.359. The summed E-state index contributed by atoms with van der Waals surface area (Å²) in [5, 5.41) is 0.359. The van der Waals surface area contributed by atoms with Gasteiger partial charge in [-0.2, -0.15) is 0 Å². The van der Waals surface area contributed by atoms with Crippen molar-refractivity contribution in [3.05, 3.63) is 0 Å². The van der Waals surface area contributed by atoms with Crippen LogP contribution in [0.1, 0.15) is 53.4 Å². The maximum absolute atomic E-state index is 6.08. The summed E-state index contributed by atoms with van der Waals surface area (Å²) in [6.45, 7) is 14.8. The Kier molecular flexibility index (Phi) is 5.99. The zero-order chi connectivity index (χ0) is 11.2. The van der Waals surface area contributed by atoms with Crippen LogP contribution in [-0.2, 0) is 4.43 Å². The van der Waals surface area contributed by atoms with Crippen molar-refractivity contribution in [2.24, 2.45) is 0 Å². The van der Waals surface area contributed by atoms with Gasteiger partial charge in [0.2, 0.25) is 0 Å². The van der Waals surface area contributed by atoms with Gasteiger partial charge in [-0.3, -0.25) is 0 Å². The van der Waals surface area contributed by atoms with E-state index < -0.39 is 8.32 Å². The molecule has 0 saturated heterocycles. The fourth-order valence-electron chi connectivity index (χ4n) is 1.07. The van der Waals surface area contributed by atoms with Gasteiger partial charge in [-0.1, -0.05) is 47.0 Å². The molecule has 0 N–H and O–H groups in total. The topological polar surface area (TPSA) is 9.23 Å². The van der Waals surface area contributed by atoms with Crippen molar-refractivity contribution in [1.82, 2.24) is 0 Å². The molecule has 0 atom stereocenters. The third-order valence-electron chi connectivity index (χ3n) is 3.27. The molecule has 0 aromatic carbocycles. The van der Waals surface area contributed by atoms with Gasteiger partial charge in [0.25, 0.3) is 0 Å². The largest absolute Gasteiger partial charge is 0.417 e. The lowest BCUT2D eigenvalue weighted by Gasteiger charge is -2.36. The minimum atomic E-state index is -1.47. The van der Waals surface area contributed by atoms with E-state index in [1.54, 1.807) is 0 Å². The molecule has 0 unspecified atom stereocenters. The van der Waals surface area contributed by atoms with Crippen molar-refractivity contribution in [2.45, 2.75) is 71.5 Å². The van der Waals surface area contributed by atoms with Crippen LogP contribution in [-0.4, -0.2) is 14.9 Å². The highest BCUT2D eigenvalue weighted by molar-refractivity contribution is 6.74. The summed E-state index contributed by atoms with van der Waals surface area (Å²) < 4.78 is 6.08. The van der Waals surface area contributed by atoms with Crippen molar-refractivity contribution in [2.75, 3.05) is 6.61 Å². The predicted molar refractivity (Wildman–Crippen MR) is 67.3 cm³/mol. The third-order valence-corrected chi connectivity index (χ3v) is 7.81. The Balaban J connectivity index is 3.67. The number of unbranched alkanes of at least 4 members (excludes halogenated alkanes) is 3. The van der Waals surface area contributed by atoms with Crippen LogP contribution in [0, 0.1) is 0 Å². The molecular formula is C12H28OSi. The third kappa shape index (κ3) is 5.16. The smallest absolute Gasteiger partial charge is 0.191 e. The molecule has 2 heteroatoms. The monoisotopic (exact) mass is 217 g/mol. The Bertz CT molecular complexity index is 147. The summed E-state index contributed by atoms with van der Waals surface area (Å²) in [7, 11) is -1.47. The summed E-state index contributed by atoms with van der Waals surface area (Å²) in [4.78, 5) is 0. The number of rotatable bonds is 6. The second-order valence-corrected chi connectivity index (χ2v) is 10.5. The Morgan fingerprint density at radius 1 is 1.00 bits per heavy atom. The van der Waals surface area contributed by atoms with Gasteiger partial charge in [0.05, 0.1) is 0 Å². The van der Waals surface area contributed by atoms with Crippen LogP contribution in [0.5, 0.6) is 0 Å².